The summed E-state index contributed by atoms with van der Waals surface area (Å²) in [7, 11) is 1.57. The molecule has 0 bridgehead atoms. The van der Waals surface area contributed by atoms with Crippen LogP contribution in [0.15, 0.2) is 71.2 Å². The van der Waals surface area contributed by atoms with Gasteiger partial charge in [-0.2, -0.15) is 0 Å². The Labute approximate surface area is 218 Å². The molecule has 2 amide bonds. The van der Waals surface area contributed by atoms with Crippen molar-refractivity contribution in [2.75, 3.05) is 24.4 Å². The second-order valence-corrected chi connectivity index (χ2v) is 8.76. The number of carbonyl (C=O) groups excluding carboxylic acids is 3. The van der Waals surface area contributed by atoms with Gasteiger partial charge in [0.25, 0.3) is 5.91 Å². The van der Waals surface area contributed by atoms with Crippen LogP contribution in [0.5, 0.6) is 17.2 Å². The number of methoxy groups -OCH3 is 1. The molecule has 36 heavy (non-hydrogen) atoms. The number of rotatable bonds is 11. The van der Waals surface area contributed by atoms with E-state index in [1.54, 1.807) is 49.6 Å². The van der Waals surface area contributed by atoms with Crippen LogP contribution in [0.25, 0.3) is 0 Å². The molecule has 0 saturated carbocycles. The molecule has 8 nitrogen and oxygen atoms in total. The van der Waals surface area contributed by atoms with Crippen LogP contribution in [0.4, 0.5) is 11.4 Å². The molecule has 9 heteroatoms. The number of halogens is 1. The molecule has 0 unspecified atom stereocenters. The minimum absolute atomic E-state index is 0.0314. The Morgan fingerprint density at radius 1 is 0.861 bits per heavy atom. The van der Waals surface area contributed by atoms with E-state index in [0.29, 0.717) is 35.0 Å². The molecule has 2 N–H and O–H groups in total. The molecule has 0 radical (unpaired) electrons. The summed E-state index contributed by atoms with van der Waals surface area (Å²) in [6, 6.07) is 19.7. The van der Waals surface area contributed by atoms with Crippen molar-refractivity contribution in [3.05, 3.63) is 76.8 Å². The maximum Gasteiger partial charge on any atom is 0.306 e. The molecule has 3 rings (SSSR count). The highest BCUT2D eigenvalue weighted by Crippen LogP contribution is 2.31. The number of anilines is 2. The molecule has 0 heterocycles. The Morgan fingerprint density at radius 3 is 2.28 bits per heavy atom. The molecule has 0 aromatic heterocycles. The van der Waals surface area contributed by atoms with Crippen LogP contribution in [-0.4, -0.2) is 31.5 Å². The highest BCUT2D eigenvalue weighted by atomic mass is 79.9. The number of aryl methyl sites for hydroxylation is 1. The van der Waals surface area contributed by atoms with Crippen molar-refractivity contribution >= 4 is 45.1 Å². The van der Waals surface area contributed by atoms with Gasteiger partial charge in [-0.3, -0.25) is 14.4 Å². The fraction of sp³-hybridized carbons (Fsp3) is 0.222. The van der Waals surface area contributed by atoms with E-state index in [2.05, 4.69) is 26.6 Å². The Bertz CT molecular complexity index is 1210. The number of esters is 1. The van der Waals surface area contributed by atoms with Gasteiger partial charge in [0.2, 0.25) is 5.91 Å². The molecule has 0 spiro atoms. The average molecular weight is 555 g/mol. The van der Waals surface area contributed by atoms with Crippen LogP contribution in [0, 0.1) is 6.92 Å². The van der Waals surface area contributed by atoms with E-state index < -0.39 is 11.9 Å². The first-order valence-corrected chi connectivity index (χ1v) is 12.1. The second-order valence-electron chi connectivity index (χ2n) is 7.85. The lowest BCUT2D eigenvalue weighted by atomic mass is 10.2. The average Bonchev–Trinajstić information content (AvgIpc) is 2.86. The van der Waals surface area contributed by atoms with E-state index in [9.17, 15) is 14.4 Å². The smallest absolute Gasteiger partial charge is 0.306 e. The van der Waals surface area contributed by atoms with Crippen molar-refractivity contribution in [1.29, 1.82) is 0 Å². The number of para-hydroxylation sites is 2. The van der Waals surface area contributed by atoms with Crippen molar-refractivity contribution in [2.24, 2.45) is 0 Å². The Morgan fingerprint density at radius 2 is 1.58 bits per heavy atom. The van der Waals surface area contributed by atoms with E-state index >= 15 is 0 Å². The van der Waals surface area contributed by atoms with E-state index in [1.807, 2.05) is 31.2 Å². The van der Waals surface area contributed by atoms with Crippen LogP contribution >= 0.6 is 15.9 Å². The summed E-state index contributed by atoms with van der Waals surface area (Å²) in [5.41, 5.74) is 2.14. The first-order chi connectivity index (χ1) is 17.3. The van der Waals surface area contributed by atoms with E-state index in [1.165, 1.54) is 0 Å². The van der Waals surface area contributed by atoms with Crippen LogP contribution in [-0.2, 0) is 19.1 Å². The van der Waals surface area contributed by atoms with Crippen molar-refractivity contribution in [2.45, 2.75) is 26.2 Å². The van der Waals surface area contributed by atoms with E-state index in [4.69, 9.17) is 14.2 Å². The first kappa shape index (κ1) is 26.7. The Kier molecular flexibility index (Phi) is 9.88. The topological polar surface area (TPSA) is 103 Å². The lowest BCUT2D eigenvalue weighted by molar-refractivity contribution is -0.147. The summed E-state index contributed by atoms with van der Waals surface area (Å²) in [6.45, 7) is 1.48. The number of amides is 2. The zero-order valence-corrected chi connectivity index (χ0v) is 21.6. The minimum atomic E-state index is -0.539. The Balaban J connectivity index is 1.35. The van der Waals surface area contributed by atoms with Gasteiger partial charge in [-0.25, -0.2) is 0 Å². The molecule has 0 aliphatic carbocycles. The number of hydrogen-bond acceptors (Lipinski definition) is 6. The maximum atomic E-state index is 12.2. The van der Waals surface area contributed by atoms with Gasteiger partial charge >= 0.3 is 5.97 Å². The molecule has 0 aliphatic rings. The van der Waals surface area contributed by atoms with Crippen LogP contribution in [0.1, 0.15) is 24.8 Å². The third kappa shape index (κ3) is 8.42. The third-order valence-electron chi connectivity index (χ3n) is 5.05. The van der Waals surface area contributed by atoms with E-state index in [-0.39, 0.29) is 25.4 Å². The number of carbonyl (C=O) groups is 3. The molecule has 0 atom stereocenters. The Hall–Kier alpha value is -3.85. The van der Waals surface area contributed by atoms with Gasteiger partial charge in [0.05, 0.1) is 7.11 Å². The standard InChI is InChI=1S/C27H27BrN2O6/c1-18-16-19(28)10-15-22(18)30-26(32)17-35-27(33)9-5-8-25(31)29-20-11-13-21(14-12-20)36-24-7-4-3-6-23(24)34-2/h3-4,6-7,10-16H,5,8-9,17H2,1-2H3,(H,29,31)(H,30,32). The van der Waals surface area contributed by atoms with E-state index in [0.717, 1.165) is 10.0 Å². The summed E-state index contributed by atoms with van der Waals surface area (Å²) in [5, 5.41) is 5.48. The molecule has 3 aromatic rings. The molecular formula is C27H27BrN2O6. The van der Waals surface area contributed by atoms with Crippen LogP contribution in [0.2, 0.25) is 0 Å². The van der Waals surface area contributed by atoms with Gasteiger partial charge in [0.1, 0.15) is 5.75 Å². The first-order valence-electron chi connectivity index (χ1n) is 11.3. The molecule has 3 aromatic carbocycles. The SMILES string of the molecule is COc1ccccc1Oc1ccc(NC(=O)CCCC(=O)OCC(=O)Nc2ccc(Br)cc2C)cc1. The van der Waals surface area contributed by atoms with Gasteiger partial charge in [-0.1, -0.05) is 28.1 Å². The highest BCUT2D eigenvalue weighted by Gasteiger charge is 2.11. The summed E-state index contributed by atoms with van der Waals surface area (Å²) in [4.78, 5) is 36.1. The molecule has 188 valence electrons. The molecule has 0 aliphatic heterocycles. The van der Waals surface area contributed by atoms with Crippen molar-refractivity contribution < 1.29 is 28.6 Å². The fourth-order valence-electron chi connectivity index (χ4n) is 3.23. The van der Waals surface area contributed by atoms with Crippen LogP contribution < -0.4 is 20.1 Å². The zero-order valence-electron chi connectivity index (χ0n) is 20.0. The van der Waals surface area contributed by atoms with Crippen LogP contribution in [0.3, 0.4) is 0 Å². The third-order valence-corrected chi connectivity index (χ3v) is 5.54. The largest absolute Gasteiger partial charge is 0.493 e. The number of benzene rings is 3. The number of ether oxygens (including phenoxy) is 3. The lowest BCUT2D eigenvalue weighted by Gasteiger charge is -2.11. The summed E-state index contributed by atoms with van der Waals surface area (Å²) in [6.07, 6.45) is 0.468. The normalized spacial score (nSPS) is 10.3. The summed E-state index contributed by atoms with van der Waals surface area (Å²) < 4.78 is 17.0. The van der Waals surface area contributed by atoms with Gasteiger partial charge in [0.15, 0.2) is 18.1 Å². The molecule has 0 saturated heterocycles. The highest BCUT2D eigenvalue weighted by molar-refractivity contribution is 9.10. The van der Waals surface area contributed by atoms with Gasteiger partial charge in [-0.15, -0.1) is 0 Å². The second kappa shape index (κ2) is 13.3. The summed E-state index contributed by atoms with van der Waals surface area (Å²) >= 11 is 3.36. The zero-order chi connectivity index (χ0) is 25.9. The summed E-state index contributed by atoms with van der Waals surface area (Å²) in [5.74, 6) is 0.607. The predicted molar refractivity (Wildman–Crippen MR) is 140 cm³/mol. The van der Waals surface area contributed by atoms with Crippen molar-refractivity contribution in [3.63, 3.8) is 0 Å². The quantitative estimate of drug-likeness (QED) is 0.288. The number of hydrogen-bond donors (Lipinski definition) is 2. The van der Waals surface area contributed by atoms with Crippen molar-refractivity contribution in [1.82, 2.24) is 0 Å². The molecule has 0 fully saturated rings. The minimum Gasteiger partial charge on any atom is -0.493 e. The van der Waals surface area contributed by atoms with Gasteiger partial charge in [0, 0.05) is 28.7 Å². The van der Waals surface area contributed by atoms with Gasteiger partial charge in [-0.05, 0) is 73.5 Å². The number of nitrogens with one attached hydrogen (secondary N) is 2. The lowest BCUT2D eigenvalue weighted by Crippen LogP contribution is -2.21. The predicted octanol–water partition coefficient (Wildman–Crippen LogP) is 5.85. The fourth-order valence-corrected chi connectivity index (χ4v) is 3.70. The van der Waals surface area contributed by atoms with Gasteiger partial charge < -0.3 is 24.8 Å². The van der Waals surface area contributed by atoms with Crippen molar-refractivity contribution in [3.8, 4) is 17.2 Å². The molecular weight excluding hydrogens is 528 g/mol. The monoisotopic (exact) mass is 554 g/mol. The maximum absolute atomic E-state index is 12.2.